The number of benzene rings is 1. The zero-order chi connectivity index (χ0) is 18.3. The Hall–Kier alpha value is -1.95. The lowest BCUT2D eigenvalue weighted by Gasteiger charge is -2.28. The summed E-state index contributed by atoms with van der Waals surface area (Å²) < 4.78 is 2.26. The first-order chi connectivity index (χ1) is 12.5. The van der Waals surface area contributed by atoms with Gasteiger partial charge in [-0.15, -0.1) is 0 Å². The number of nitrogens with one attached hydrogen (secondary N) is 2. The van der Waals surface area contributed by atoms with Crippen LogP contribution in [0.2, 0.25) is 0 Å². The fourth-order valence-electron chi connectivity index (χ4n) is 4.93. The molecule has 0 aliphatic heterocycles. The van der Waals surface area contributed by atoms with Crippen molar-refractivity contribution in [3.8, 4) is 11.4 Å². The molecule has 1 amide bonds. The second kappa shape index (κ2) is 6.99. The number of aromatic nitrogens is 3. The van der Waals surface area contributed by atoms with Gasteiger partial charge in [0.05, 0.1) is 0 Å². The van der Waals surface area contributed by atoms with E-state index in [1.807, 2.05) is 25.1 Å². The van der Waals surface area contributed by atoms with E-state index >= 15 is 0 Å². The molecular weight excluding hydrogens is 344 g/mol. The van der Waals surface area contributed by atoms with E-state index in [1.165, 1.54) is 25.7 Å². The molecular formula is C20H26N4OS. The summed E-state index contributed by atoms with van der Waals surface area (Å²) in [4.78, 5) is 12.7. The minimum absolute atomic E-state index is 0.00618. The molecule has 1 aromatic carbocycles. The number of carbonyl (C=O) groups excluding carboxylic acids is 1. The Bertz CT molecular complexity index is 871. The Kier molecular flexibility index (Phi) is 4.69. The topological polar surface area (TPSA) is 62.7 Å². The molecule has 4 rings (SSSR count). The molecule has 0 radical (unpaired) electrons. The molecule has 26 heavy (non-hydrogen) atoms. The molecule has 5 nitrogen and oxygen atoms in total. The number of amides is 1. The van der Waals surface area contributed by atoms with Gasteiger partial charge in [-0.25, -0.2) is 0 Å². The first-order valence-electron chi connectivity index (χ1n) is 9.53. The number of aromatic amines is 1. The lowest BCUT2D eigenvalue weighted by Crippen LogP contribution is -2.41. The van der Waals surface area contributed by atoms with Crippen LogP contribution in [0.4, 0.5) is 0 Å². The number of rotatable bonds is 5. The Labute approximate surface area is 159 Å². The second-order valence-corrected chi connectivity index (χ2v) is 8.39. The quantitative estimate of drug-likeness (QED) is 0.786. The van der Waals surface area contributed by atoms with E-state index in [0.29, 0.717) is 16.5 Å². The molecule has 4 atom stereocenters. The third-order valence-electron chi connectivity index (χ3n) is 6.16. The zero-order valence-corrected chi connectivity index (χ0v) is 16.2. The Morgan fingerprint density at radius 3 is 2.96 bits per heavy atom. The summed E-state index contributed by atoms with van der Waals surface area (Å²) in [5.41, 5.74) is 2.11. The molecule has 0 saturated heterocycles. The summed E-state index contributed by atoms with van der Waals surface area (Å²) in [6.45, 7) is 4.39. The monoisotopic (exact) mass is 370 g/mol. The maximum atomic E-state index is 12.7. The van der Waals surface area contributed by atoms with Gasteiger partial charge >= 0.3 is 0 Å². The highest BCUT2D eigenvalue weighted by Gasteiger charge is 2.42. The van der Waals surface area contributed by atoms with Crippen molar-refractivity contribution in [1.82, 2.24) is 20.1 Å². The van der Waals surface area contributed by atoms with Crippen LogP contribution >= 0.6 is 12.2 Å². The number of carbonyl (C=O) groups is 1. The molecule has 1 aromatic heterocycles. The summed E-state index contributed by atoms with van der Waals surface area (Å²) in [5, 5.41) is 10.4. The van der Waals surface area contributed by atoms with Gasteiger partial charge in [0.15, 0.2) is 10.6 Å². The van der Waals surface area contributed by atoms with Gasteiger partial charge in [0.25, 0.3) is 0 Å². The summed E-state index contributed by atoms with van der Waals surface area (Å²) >= 11 is 5.35. The summed E-state index contributed by atoms with van der Waals surface area (Å²) in [7, 11) is 0. The van der Waals surface area contributed by atoms with Crippen LogP contribution in [0.3, 0.4) is 0 Å². The van der Waals surface area contributed by atoms with Gasteiger partial charge in [-0.3, -0.25) is 14.5 Å². The fraction of sp³-hybridized carbons (Fsp3) is 0.550. The van der Waals surface area contributed by atoms with E-state index in [1.54, 1.807) is 4.57 Å². The highest BCUT2D eigenvalue weighted by atomic mass is 32.1. The Balaban J connectivity index is 1.46. The van der Waals surface area contributed by atoms with E-state index in [2.05, 4.69) is 28.5 Å². The third-order valence-corrected chi connectivity index (χ3v) is 6.47. The van der Waals surface area contributed by atoms with Gasteiger partial charge in [-0.2, -0.15) is 5.10 Å². The van der Waals surface area contributed by atoms with Crippen molar-refractivity contribution >= 4 is 18.1 Å². The van der Waals surface area contributed by atoms with Crippen molar-refractivity contribution in [3.63, 3.8) is 0 Å². The largest absolute Gasteiger partial charge is 0.352 e. The number of aryl methyl sites for hydroxylation is 1. The molecule has 2 aromatic rings. The van der Waals surface area contributed by atoms with Crippen molar-refractivity contribution in [3.05, 3.63) is 34.6 Å². The van der Waals surface area contributed by atoms with Crippen LogP contribution in [0.5, 0.6) is 0 Å². The van der Waals surface area contributed by atoms with Crippen molar-refractivity contribution in [1.29, 1.82) is 0 Å². The van der Waals surface area contributed by atoms with Gasteiger partial charge < -0.3 is 5.32 Å². The van der Waals surface area contributed by atoms with E-state index < -0.39 is 0 Å². The predicted molar refractivity (Wildman–Crippen MR) is 104 cm³/mol. The molecule has 2 saturated carbocycles. The Morgan fingerprint density at radius 2 is 2.27 bits per heavy atom. The fourth-order valence-corrected chi connectivity index (χ4v) is 5.12. The van der Waals surface area contributed by atoms with Crippen LogP contribution in [0.15, 0.2) is 24.3 Å². The number of fused-ring (bicyclic) bond motifs is 2. The van der Waals surface area contributed by atoms with Crippen LogP contribution < -0.4 is 5.32 Å². The Morgan fingerprint density at radius 1 is 1.42 bits per heavy atom. The highest BCUT2D eigenvalue weighted by Crippen LogP contribution is 2.49. The summed E-state index contributed by atoms with van der Waals surface area (Å²) in [6.07, 6.45) is 5.34. The van der Waals surface area contributed by atoms with Crippen LogP contribution in [-0.4, -0.2) is 26.7 Å². The van der Waals surface area contributed by atoms with E-state index in [4.69, 9.17) is 12.2 Å². The second-order valence-electron chi connectivity index (χ2n) is 8.00. The third kappa shape index (κ3) is 3.34. The van der Waals surface area contributed by atoms with E-state index in [-0.39, 0.29) is 18.5 Å². The van der Waals surface area contributed by atoms with Crippen molar-refractivity contribution in [2.45, 2.75) is 52.1 Å². The van der Waals surface area contributed by atoms with Crippen molar-refractivity contribution < 1.29 is 4.79 Å². The molecule has 0 unspecified atom stereocenters. The normalized spacial score (nSPS) is 25.4. The van der Waals surface area contributed by atoms with Crippen LogP contribution in [0.1, 0.15) is 38.2 Å². The minimum Gasteiger partial charge on any atom is -0.352 e. The lowest BCUT2D eigenvalue weighted by atomic mass is 9.84. The van der Waals surface area contributed by atoms with Gasteiger partial charge in [-0.1, -0.05) is 30.2 Å². The van der Waals surface area contributed by atoms with Gasteiger partial charge in [0.1, 0.15) is 6.54 Å². The van der Waals surface area contributed by atoms with Crippen molar-refractivity contribution in [2.24, 2.45) is 17.8 Å². The number of H-pyrrole nitrogens is 1. The van der Waals surface area contributed by atoms with Crippen LogP contribution in [0, 0.1) is 29.4 Å². The molecule has 1 heterocycles. The van der Waals surface area contributed by atoms with E-state index in [9.17, 15) is 4.79 Å². The van der Waals surface area contributed by atoms with Gasteiger partial charge in [0, 0.05) is 11.6 Å². The average Bonchev–Trinajstić information content (AvgIpc) is 3.32. The standard InChI is InChI=1S/C20H26N4OS/c1-12-4-3-5-16(8-12)19-22-23-20(26)24(19)11-18(25)21-13(2)17-10-14-6-7-15(17)9-14/h3-5,8,13-15,17H,6-7,9-11H2,1-2H3,(H,21,25)(H,23,26)/t13-,14-,15-,17-/m0/s1. The minimum atomic E-state index is 0.00618. The molecule has 2 bridgehead atoms. The molecule has 2 N–H and O–H groups in total. The van der Waals surface area contributed by atoms with E-state index in [0.717, 1.165) is 23.0 Å². The molecule has 138 valence electrons. The molecule has 2 aliphatic rings. The molecule has 2 fully saturated rings. The smallest absolute Gasteiger partial charge is 0.240 e. The maximum Gasteiger partial charge on any atom is 0.240 e. The first-order valence-corrected chi connectivity index (χ1v) is 9.93. The number of hydrogen-bond acceptors (Lipinski definition) is 3. The van der Waals surface area contributed by atoms with Crippen molar-refractivity contribution in [2.75, 3.05) is 0 Å². The average molecular weight is 371 g/mol. The number of hydrogen-bond donors (Lipinski definition) is 2. The van der Waals surface area contributed by atoms with Crippen LogP contribution in [0.25, 0.3) is 11.4 Å². The maximum absolute atomic E-state index is 12.7. The highest BCUT2D eigenvalue weighted by molar-refractivity contribution is 7.71. The molecule has 0 spiro atoms. The summed E-state index contributed by atoms with van der Waals surface area (Å²) in [6, 6.07) is 8.30. The lowest BCUT2D eigenvalue weighted by molar-refractivity contribution is -0.122. The molecule has 6 heteroatoms. The SMILES string of the molecule is Cc1cccc(-c2n[nH]c(=S)n2CC(=O)N[C@@H](C)[C@@H]2C[C@H]3CC[C@H]2C3)c1. The number of nitrogens with zero attached hydrogens (tertiary/aromatic N) is 2. The van der Waals surface area contributed by atoms with Gasteiger partial charge in [-0.05, 0) is 69.1 Å². The summed E-state index contributed by atoms with van der Waals surface area (Å²) in [5.74, 6) is 3.04. The zero-order valence-electron chi connectivity index (χ0n) is 15.4. The predicted octanol–water partition coefficient (Wildman–Crippen LogP) is 3.86. The van der Waals surface area contributed by atoms with Gasteiger partial charge in [0.2, 0.25) is 5.91 Å². The molecule has 2 aliphatic carbocycles. The van der Waals surface area contributed by atoms with Crippen LogP contribution in [-0.2, 0) is 11.3 Å². The first kappa shape index (κ1) is 17.5.